The Morgan fingerprint density at radius 3 is 2.38 bits per heavy atom. The third-order valence-electron chi connectivity index (χ3n) is 5.08. The molecule has 1 amide bonds. The molecule has 2 aliphatic heterocycles. The topological polar surface area (TPSA) is 44.8 Å². The summed E-state index contributed by atoms with van der Waals surface area (Å²) in [5.74, 6) is 1.33. The van der Waals surface area contributed by atoms with Gasteiger partial charge in [0.15, 0.2) is 0 Å². The second-order valence-electron chi connectivity index (χ2n) is 8.84. The van der Waals surface area contributed by atoms with Crippen LogP contribution in [0.2, 0.25) is 0 Å². The minimum Gasteiger partial charge on any atom is -0.444 e. The summed E-state index contributed by atoms with van der Waals surface area (Å²) in [5.41, 5.74) is -0.410. The number of hydrogen-bond donors (Lipinski definition) is 1. The maximum atomic E-state index is 12.2. The number of hydrogen-bond acceptors (Lipinski definition) is 4. The normalized spacial score (nSPS) is 26.2. The van der Waals surface area contributed by atoms with Crippen LogP contribution in [0.15, 0.2) is 0 Å². The van der Waals surface area contributed by atoms with Crippen molar-refractivity contribution in [1.29, 1.82) is 0 Å². The van der Waals surface area contributed by atoms with Crippen molar-refractivity contribution in [1.82, 2.24) is 15.1 Å². The van der Waals surface area contributed by atoms with Gasteiger partial charge < -0.3 is 19.9 Å². The van der Waals surface area contributed by atoms with Crippen molar-refractivity contribution in [3.8, 4) is 0 Å². The van der Waals surface area contributed by atoms with Crippen molar-refractivity contribution in [2.24, 2.45) is 11.8 Å². The fraction of sp³-hybridized carbons (Fsp3) is 0.947. The molecule has 0 saturated carbocycles. The highest BCUT2D eigenvalue weighted by atomic mass is 16.6. The predicted molar refractivity (Wildman–Crippen MR) is 98.2 cm³/mol. The van der Waals surface area contributed by atoms with Crippen LogP contribution < -0.4 is 5.32 Å². The third-order valence-corrected chi connectivity index (χ3v) is 5.08. The lowest BCUT2D eigenvalue weighted by atomic mass is 9.98. The molecule has 0 aromatic carbocycles. The number of carbonyl (C=O) groups excluding carboxylic acids is 1. The first kappa shape index (κ1) is 19.5. The van der Waals surface area contributed by atoms with Crippen molar-refractivity contribution in [2.45, 2.75) is 65.5 Å². The Morgan fingerprint density at radius 1 is 1.12 bits per heavy atom. The van der Waals surface area contributed by atoms with Gasteiger partial charge in [-0.05, 0) is 85.4 Å². The first-order chi connectivity index (χ1) is 11.2. The lowest BCUT2D eigenvalue weighted by Crippen LogP contribution is -2.45. The molecule has 0 radical (unpaired) electrons. The molecular formula is C19H37N3O2. The summed E-state index contributed by atoms with van der Waals surface area (Å²) < 4.78 is 5.51. The molecule has 2 saturated heterocycles. The first-order valence-electron chi connectivity index (χ1n) is 9.67. The second-order valence-corrected chi connectivity index (χ2v) is 8.84. The van der Waals surface area contributed by atoms with Crippen LogP contribution >= 0.6 is 0 Å². The summed E-state index contributed by atoms with van der Waals surface area (Å²) in [6.45, 7) is 16.6. The summed E-state index contributed by atoms with van der Waals surface area (Å²) in [5, 5.41) is 3.66. The molecule has 0 aromatic rings. The predicted octanol–water partition coefficient (Wildman–Crippen LogP) is 2.95. The van der Waals surface area contributed by atoms with Crippen molar-refractivity contribution in [3.63, 3.8) is 0 Å². The van der Waals surface area contributed by atoms with E-state index >= 15 is 0 Å². The smallest absolute Gasteiger partial charge is 0.410 e. The number of amides is 1. The molecule has 2 heterocycles. The van der Waals surface area contributed by atoms with Crippen LogP contribution in [0.3, 0.4) is 0 Å². The number of piperidine rings is 1. The number of nitrogens with one attached hydrogen (secondary N) is 1. The number of ether oxygens (including phenoxy) is 1. The molecule has 2 atom stereocenters. The zero-order chi connectivity index (χ0) is 17.7. The summed E-state index contributed by atoms with van der Waals surface area (Å²) in [6, 6.07) is 0.663. The molecule has 0 bridgehead atoms. The first-order valence-corrected chi connectivity index (χ1v) is 9.67. The van der Waals surface area contributed by atoms with Gasteiger partial charge in [-0.3, -0.25) is 0 Å². The average molecular weight is 340 g/mol. The second kappa shape index (κ2) is 8.52. The summed E-state index contributed by atoms with van der Waals surface area (Å²) in [6.07, 6.45) is 3.43. The van der Waals surface area contributed by atoms with E-state index in [2.05, 4.69) is 24.1 Å². The Morgan fingerprint density at radius 2 is 1.79 bits per heavy atom. The van der Waals surface area contributed by atoms with Crippen molar-refractivity contribution >= 4 is 6.09 Å². The van der Waals surface area contributed by atoms with Gasteiger partial charge in [-0.25, -0.2) is 4.79 Å². The molecule has 2 fully saturated rings. The lowest BCUT2D eigenvalue weighted by Gasteiger charge is -2.34. The summed E-state index contributed by atoms with van der Waals surface area (Å²) in [4.78, 5) is 16.7. The van der Waals surface area contributed by atoms with Gasteiger partial charge in [0.25, 0.3) is 0 Å². The fourth-order valence-electron chi connectivity index (χ4n) is 3.71. The summed E-state index contributed by atoms with van der Waals surface area (Å²) >= 11 is 0. The average Bonchev–Trinajstić information content (AvgIpc) is 2.95. The van der Waals surface area contributed by atoms with E-state index in [1.54, 1.807) is 0 Å². The zero-order valence-corrected chi connectivity index (χ0v) is 16.3. The van der Waals surface area contributed by atoms with E-state index in [4.69, 9.17) is 4.74 Å². The van der Waals surface area contributed by atoms with Crippen molar-refractivity contribution < 1.29 is 9.53 Å². The Hall–Kier alpha value is -0.810. The van der Waals surface area contributed by atoms with Crippen LogP contribution in [0.1, 0.15) is 53.9 Å². The van der Waals surface area contributed by atoms with E-state index in [0.717, 1.165) is 38.5 Å². The Balaban J connectivity index is 1.67. The Labute approximate surface area is 148 Å². The van der Waals surface area contributed by atoms with Crippen LogP contribution in [0.4, 0.5) is 4.79 Å². The molecule has 2 aliphatic rings. The lowest BCUT2D eigenvalue weighted by molar-refractivity contribution is 0.0166. The van der Waals surface area contributed by atoms with Crippen molar-refractivity contribution in [3.05, 3.63) is 0 Å². The van der Waals surface area contributed by atoms with Gasteiger partial charge in [-0.1, -0.05) is 0 Å². The minimum absolute atomic E-state index is 0.157. The van der Waals surface area contributed by atoms with Gasteiger partial charge in [0.05, 0.1) is 0 Å². The fourth-order valence-corrected chi connectivity index (χ4v) is 3.71. The van der Waals surface area contributed by atoms with Crippen molar-refractivity contribution in [2.75, 3.05) is 39.3 Å². The van der Waals surface area contributed by atoms with Gasteiger partial charge in [-0.2, -0.15) is 0 Å². The molecule has 5 heteroatoms. The molecule has 5 nitrogen and oxygen atoms in total. The number of likely N-dealkylation sites (tertiary alicyclic amines) is 2. The number of nitrogens with zero attached hydrogens (tertiary/aromatic N) is 2. The Bertz CT molecular complexity index is 406. The van der Waals surface area contributed by atoms with Gasteiger partial charge in [0.1, 0.15) is 5.60 Å². The van der Waals surface area contributed by atoms with Gasteiger partial charge in [-0.15, -0.1) is 0 Å². The molecule has 0 spiro atoms. The van der Waals surface area contributed by atoms with E-state index in [1.165, 1.54) is 25.9 Å². The molecule has 24 heavy (non-hydrogen) atoms. The van der Waals surface area contributed by atoms with Crippen LogP contribution in [-0.4, -0.2) is 66.8 Å². The highest BCUT2D eigenvalue weighted by molar-refractivity contribution is 5.68. The van der Waals surface area contributed by atoms with Crippen LogP contribution in [0.5, 0.6) is 0 Å². The molecule has 140 valence electrons. The number of rotatable bonds is 5. The molecule has 2 rings (SSSR count). The minimum atomic E-state index is -0.410. The van der Waals surface area contributed by atoms with E-state index in [9.17, 15) is 4.79 Å². The largest absolute Gasteiger partial charge is 0.444 e. The number of carbonyl (C=O) groups is 1. The maximum absolute atomic E-state index is 12.2. The summed E-state index contributed by atoms with van der Waals surface area (Å²) in [7, 11) is 0. The maximum Gasteiger partial charge on any atom is 0.410 e. The molecule has 0 aromatic heterocycles. The van der Waals surface area contributed by atoms with Crippen LogP contribution in [0.25, 0.3) is 0 Å². The van der Waals surface area contributed by atoms with Gasteiger partial charge in [0, 0.05) is 25.7 Å². The van der Waals surface area contributed by atoms with Gasteiger partial charge in [0.2, 0.25) is 0 Å². The molecule has 1 N–H and O–H groups in total. The van der Waals surface area contributed by atoms with Crippen LogP contribution in [0, 0.1) is 11.8 Å². The van der Waals surface area contributed by atoms with Gasteiger partial charge >= 0.3 is 6.09 Å². The molecule has 0 aliphatic carbocycles. The highest BCUT2D eigenvalue weighted by Crippen LogP contribution is 2.20. The van der Waals surface area contributed by atoms with E-state index < -0.39 is 5.60 Å². The van der Waals surface area contributed by atoms with E-state index in [-0.39, 0.29) is 6.09 Å². The molecule has 2 unspecified atom stereocenters. The SMILES string of the molecule is CC(C)N1CCC(CNCC2CCCN(C(=O)OC(C)(C)C)C2)C1. The monoisotopic (exact) mass is 339 g/mol. The highest BCUT2D eigenvalue weighted by Gasteiger charge is 2.28. The quantitative estimate of drug-likeness (QED) is 0.836. The van der Waals surface area contributed by atoms with E-state index in [0.29, 0.717) is 12.0 Å². The standard InChI is InChI=1S/C19H37N3O2/c1-15(2)21-10-8-17(13-21)12-20-11-16-7-6-9-22(14-16)18(23)24-19(3,4)5/h15-17,20H,6-14H2,1-5H3. The zero-order valence-electron chi connectivity index (χ0n) is 16.3. The third kappa shape index (κ3) is 6.25. The Kier molecular flexibility index (Phi) is 6.93. The van der Waals surface area contributed by atoms with Crippen LogP contribution in [-0.2, 0) is 4.74 Å². The molecular weight excluding hydrogens is 302 g/mol. The van der Waals surface area contributed by atoms with E-state index in [1.807, 2.05) is 25.7 Å².